The maximum Gasteiger partial charge on any atom is 0.338 e. The molecular weight excluding hydrogens is 330 g/mol. The monoisotopic (exact) mass is 355 g/mol. The fourth-order valence-electron chi connectivity index (χ4n) is 2.89. The summed E-state index contributed by atoms with van der Waals surface area (Å²) in [7, 11) is 0. The van der Waals surface area contributed by atoms with E-state index in [-0.39, 0.29) is 23.2 Å². The number of nitrogens with zero attached hydrogens (tertiary/aromatic N) is 1. The van der Waals surface area contributed by atoms with Gasteiger partial charge in [0.15, 0.2) is 0 Å². The summed E-state index contributed by atoms with van der Waals surface area (Å²) in [6.45, 7) is 6.51. The molecule has 0 bridgehead atoms. The van der Waals surface area contributed by atoms with Crippen LogP contribution in [0.5, 0.6) is 0 Å². The van der Waals surface area contributed by atoms with E-state index in [0.717, 1.165) is 19.3 Å². The van der Waals surface area contributed by atoms with Crippen LogP contribution in [0.1, 0.15) is 51.2 Å². The number of ether oxygens (including phenoxy) is 1. The summed E-state index contributed by atoms with van der Waals surface area (Å²) in [6.07, 6.45) is 9.35. The Kier molecular flexibility index (Phi) is 6.89. The van der Waals surface area contributed by atoms with Crippen LogP contribution in [-0.4, -0.2) is 17.5 Å². The SMILES string of the molecule is CC(C)=CCC/C(C)=C/CCc1cc(C2=CCOC2=O)ccc1[N+](=O)[O-]. The Hall–Kier alpha value is -2.69. The molecule has 0 saturated carbocycles. The molecule has 0 fully saturated rings. The lowest BCUT2D eigenvalue weighted by Gasteiger charge is -2.06. The van der Waals surface area contributed by atoms with Crippen LogP contribution >= 0.6 is 0 Å². The second kappa shape index (κ2) is 9.13. The van der Waals surface area contributed by atoms with Gasteiger partial charge >= 0.3 is 5.97 Å². The number of hydrogen-bond donors (Lipinski definition) is 0. The molecule has 0 amide bonds. The van der Waals surface area contributed by atoms with Crippen LogP contribution < -0.4 is 0 Å². The second-order valence-electron chi connectivity index (χ2n) is 6.73. The van der Waals surface area contributed by atoms with Crippen LogP contribution in [0, 0.1) is 10.1 Å². The van der Waals surface area contributed by atoms with E-state index in [9.17, 15) is 14.9 Å². The molecule has 1 aliphatic rings. The molecule has 2 rings (SSSR count). The van der Waals surface area contributed by atoms with Crippen molar-refractivity contribution in [2.45, 2.75) is 46.5 Å². The van der Waals surface area contributed by atoms with Gasteiger partial charge in [-0.1, -0.05) is 23.3 Å². The van der Waals surface area contributed by atoms with Crippen molar-refractivity contribution in [3.8, 4) is 0 Å². The lowest BCUT2D eigenvalue weighted by molar-refractivity contribution is -0.385. The molecule has 0 saturated heterocycles. The molecule has 1 aromatic carbocycles. The summed E-state index contributed by atoms with van der Waals surface area (Å²) in [6, 6.07) is 4.83. The van der Waals surface area contributed by atoms with Crippen molar-refractivity contribution in [3.05, 3.63) is 68.8 Å². The normalized spacial score (nSPS) is 14.0. The Balaban J connectivity index is 2.10. The van der Waals surface area contributed by atoms with E-state index in [0.29, 0.717) is 23.1 Å². The number of esters is 1. The van der Waals surface area contributed by atoms with Gasteiger partial charge in [0.1, 0.15) is 6.61 Å². The topological polar surface area (TPSA) is 69.4 Å². The quantitative estimate of drug-likeness (QED) is 0.279. The zero-order valence-electron chi connectivity index (χ0n) is 15.6. The van der Waals surface area contributed by atoms with Crippen molar-refractivity contribution in [1.29, 1.82) is 0 Å². The minimum Gasteiger partial charge on any atom is -0.458 e. The summed E-state index contributed by atoms with van der Waals surface area (Å²) in [4.78, 5) is 22.6. The van der Waals surface area contributed by atoms with Crippen LogP contribution in [0.4, 0.5) is 5.69 Å². The summed E-state index contributed by atoms with van der Waals surface area (Å²) in [5.41, 5.74) is 4.48. The summed E-state index contributed by atoms with van der Waals surface area (Å²) in [5, 5.41) is 11.3. The van der Waals surface area contributed by atoms with E-state index in [4.69, 9.17) is 4.74 Å². The fourth-order valence-corrected chi connectivity index (χ4v) is 2.89. The molecule has 138 valence electrons. The molecule has 0 aliphatic carbocycles. The molecule has 1 aromatic rings. The van der Waals surface area contributed by atoms with Gasteiger partial charge < -0.3 is 4.74 Å². The lowest BCUT2D eigenvalue weighted by atomic mass is 9.99. The number of carbonyl (C=O) groups excluding carboxylic acids is 1. The molecule has 5 nitrogen and oxygen atoms in total. The number of allylic oxidation sites excluding steroid dienone is 4. The highest BCUT2D eigenvalue weighted by Gasteiger charge is 2.21. The van der Waals surface area contributed by atoms with Crippen LogP contribution in [0.15, 0.2) is 47.6 Å². The third-order valence-corrected chi connectivity index (χ3v) is 4.31. The average Bonchev–Trinajstić information content (AvgIpc) is 3.00. The van der Waals surface area contributed by atoms with Crippen molar-refractivity contribution in [2.24, 2.45) is 0 Å². The van der Waals surface area contributed by atoms with Crippen LogP contribution in [-0.2, 0) is 16.0 Å². The lowest BCUT2D eigenvalue weighted by Crippen LogP contribution is -2.01. The van der Waals surface area contributed by atoms with Crippen molar-refractivity contribution < 1.29 is 14.5 Å². The van der Waals surface area contributed by atoms with Gasteiger partial charge in [0.2, 0.25) is 0 Å². The molecule has 5 heteroatoms. The summed E-state index contributed by atoms with van der Waals surface area (Å²) < 4.78 is 4.92. The van der Waals surface area contributed by atoms with Crippen molar-refractivity contribution in [1.82, 2.24) is 0 Å². The zero-order valence-corrected chi connectivity index (χ0v) is 15.6. The summed E-state index contributed by atoms with van der Waals surface area (Å²) in [5.74, 6) is -0.375. The maximum absolute atomic E-state index is 11.7. The van der Waals surface area contributed by atoms with E-state index < -0.39 is 0 Å². The smallest absolute Gasteiger partial charge is 0.338 e. The van der Waals surface area contributed by atoms with Crippen LogP contribution in [0.2, 0.25) is 0 Å². The van der Waals surface area contributed by atoms with E-state index >= 15 is 0 Å². The Morgan fingerprint density at radius 1 is 1.23 bits per heavy atom. The van der Waals surface area contributed by atoms with Crippen LogP contribution in [0.25, 0.3) is 5.57 Å². The van der Waals surface area contributed by atoms with Gasteiger partial charge in [-0.2, -0.15) is 0 Å². The zero-order chi connectivity index (χ0) is 19.1. The number of cyclic esters (lactones) is 1. The van der Waals surface area contributed by atoms with E-state index in [1.54, 1.807) is 18.2 Å². The van der Waals surface area contributed by atoms with Gasteiger partial charge in [-0.3, -0.25) is 10.1 Å². The second-order valence-corrected chi connectivity index (χ2v) is 6.73. The molecule has 1 aliphatic heterocycles. The number of carbonyl (C=O) groups is 1. The number of rotatable bonds is 8. The molecule has 0 aromatic heterocycles. The Morgan fingerprint density at radius 3 is 2.62 bits per heavy atom. The van der Waals surface area contributed by atoms with Crippen molar-refractivity contribution >= 4 is 17.2 Å². The minimum absolute atomic E-state index is 0.0938. The fraction of sp³-hybridized carbons (Fsp3) is 0.381. The number of hydrogen-bond acceptors (Lipinski definition) is 4. The van der Waals surface area contributed by atoms with Gasteiger partial charge in [0.25, 0.3) is 5.69 Å². The molecule has 0 N–H and O–H groups in total. The predicted octanol–water partition coefficient (Wildman–Crippen LogP) is 5.16. The number of aryl methyl sites for hydroxylation is 1. The Labute approximate surface area is 154 Å². The van der Waals surface area contributed by atoms with E-state index in [2.05, 4.69) is 32.9 Å². The third-order valence-electron chi connectivity index (χ3n) is 4.31. The minimum atomic E-state index is -0.375. The predicted molar refractivity (Wildman–Crippen MR) is 103 cm³/mol. The molecule has 26 heavy (non-hydrogen) atoms. The van der Waals surface area contributed by atoms with Crippen molar-refractivity contribution in [3.63, 3.8) is 0 Å². The molecule has 0 atom stereocenters. The highest BCUT2D eigenvalue weighted by atomic mass is 16.6. The van der Waals surface area contributed by atoms with Gasteiger partial charge in [0, 0.05) is 11.6 Å². The molecule has 1 heterocycles. The van der Waals surface area contributed by atoms with E-state index in [1.807, 2.05) is 0 Å². The van der Waals surface area contributed by atoms with E-state index in [1.165, 1.54) is 17.2 Å². The largest absolute Gasteiger partial charge is 0.458 e. The third kappa shape index (κ3) is 5.41. The Bertz CT molecular complexity index is 783. The first-order valence-corrected chi connectivity index (χ1v) is 8.82. The molecule has 0 unspecified atom stereocenters. The standard InChI is InChI=1S/C21H25NO4/c1-15(2)6-4-7-16(3)8-5-9-18-14-17(10-11-20(18)22(24)25)19-12-13-26-21(19)23/h6,8,10-12,14H,4-5,7,9,13H2,1-3H3/b16-8+. The molecular formula is C21H25NO4. The number of nitro groups is 1. The summed E-state index contributed by atoms with van der Waals surface area (Å²) >= 11 is 0. The van der Waals surface area contributed by atoms with Crippen molar-refractivity contribution in [2.75, 3.05) is 6.61 Å². The number of nitro benzene ring substituents is 1. The highest BCUT2D eigenvalue weighted by Crippen LogP contribution is 2.27. The first kappa shape index (κ1) is 19.6. The average molecular weight is 355 g/mol. The van der Waals surface area contributed by atoms with Gasteiger partial charge in [-0.15, -0.1) is 0 Å². The van der Waals surface area contributed by atoms with Gasteiger partial charge in [-0.05, 0) is 70.2 Å². The van der Waals surface area contributed by atoms with Gasteiger partial charge in [0.05, 0.1) is 10.5 Å². The first-order valence-electron chi connectivity index (χ1n) is 8.82. The highest BCUT2D eigenvalue weighted by molar-refractivity contribution is 6.18. The van der Waals surface area contributed by atoms with Gasteiger partial charge in [-0.25, -0.2) is 4.79 Å². The van der Waals surface area contributed by atoms with Crippen LogP contribution in [0.3, 0.4) is 0 Å². The molecule has 0 radical (unpaired) electrons. The number of benzene rings is 1. The molecule has 0 spiro atoms. The maximum atomic E-state index is 11.7. The first-order chi connectivity index (χ1) is 12.4. The Morgan fingerprint density at radius 2 is 2.00 bits per heavy atom.